The van der Waals surface area contributed by atoms with E-state index in [-0.39, 0.29) is 0 Å². The number of nitrogens with two attached hydrogens (primary N) is 1. The molecule has 1 atom stereocenters. The summed E-state index contributed by atoms with van der Waals surface area (Å²) in [6.45, 7) is 1.99. The molecule has 0 aromatic carbocycles. The monoisotopic (exact) mass is 257 g/mol. The van der Waals surface area contributed by atoms with Crippen LogP contribution in [0.5, 0.6) is 0 Å². The number of aromatic nitrogens is 2. The molecule has 3 nitrogen and oxygen atoms in total. The highest BCUT2D eigenvalue weighted by Gasteiger charge is 2.20. The van der Waals surface area contributed by atoms with Gasteiger partial charge in [-0.25, -0.2) is 0 Å². The Labute approximate surface area is 105 Å². The van der Waals surface area contributed by atoms with Crippen LogP contribution in [0, 0.1) is 12.8 Å². The summed E-state index contributed by atoms with van der Waals surface area (Å²) in [6, 6.07) is 0.328. The smallest absolute Gasteiger partial charge is 0.174 e. The molecule has 1 aromatic rings. The predicted molar refractivity (Wildman–Crippen MR) is 69.9 cm³/mol. The van der Waals surface area contributed by atoms with Gasteiger partial charge in [0.05, 0.1) is 0 Å². The lowest BCUT2D eigenvalue weighted by Crippen LogP contribution is -2.33. The minimum atomic E-state index is 0.328. The van der Waals surface area contributed by atoms with Crippen molar-refractivity contribution in [2.75, 3.05) is 5.75 Å². The standard InChI is InChI=1S/C11H19N3S2/c1-8-13-14-11(16-8)15-7-10(12)9-5-3-2-4-6-9/h9-10H,2-7,12H2,1H3. The van der Waals surface area contributed by atoms with Crippen molar-refractivity contribution in [2.45, 2.75) is 49.4 Å². The van der Waals surface area contributed by atoms with Gasteiger partial charge in [-0.1, -0.05) is 42.4 Å². The maximum atomic E-state index is 6.24. The second kappa shape index (κ2) is 5.98. The Morgan fingerprint density at radius 2 is 2.12 bits per heavy atom. The number of rotatable bonds is 4. The van der Waals surface area contributed by atoms with Gasteiger partial charge in [0.2, 0.25) is 0 Å². The van der Waals surface area contributed by atoms with Gasteiger partial charge in [0.15, 0.2) is 4.34 Å². The van der Waals surface area contributed by atoms with Gasteiger partial charge in [0.1, 0.15) is 5.01 Å². The van der Waals surface area contributed by atoms with Gasteiger partial charge in [-0.05, 0) is 25.7 Å². The zero-order chi connectivity index (χ0) is 11.4. The average Bonchev–Trinajstić information content (AvgIpc) is 2.73. The number of hydrogen-bond acceptors (Lipinski definition) is 5. The third-order valence-corrected chi connectivity index (χ3v) is 5.28. The first-order valence-corrected chi connectivity index (χ1v) is 7.74. The Morgan fingerprint density at radius 1 is 1.38 bits per heavy atom. The highest BCUT2D eigenvalue weighted by atomic mass is 32.2. The van der Waals surface area contributed by atoms with Crippen LogP contribution in [-0.4, -0.2) is 22.0 Å². The zero-order valence-electron chi connectivity index (χ0n) is 9.69. The minimum absolute atomic E-state index is 0.328. The fraction of sp³-hybridized carbons (Fsp3) is 0.818. The molecule has 1 aliphatic rings. The first-order valence-electron chi connectivity index (χ1n) is 5.94. The fourth-order valence-corrected chi connectivity index (χ4v) is 4.13. The molecule has 0 aliphatic heterocycles. The molecule has 0 radical (unpaired) electrons. The molecule has 1 fully saturated rings. The van der Waals surface area contributed by atoms with Crippen LogP contribution in [0.2, 0.25) is 0 Å². The first kappa shape index (κ1) is 12.3. The van der Waals surface area contributed by atoms with E-state index in [2.05, 4.69) is 10.2 Å². The molecule has 1 aliphatic carbocycles. The summed E-state index contributed by atoms with van der Waals surface area (Å²) in [4.78, 5) is 0. The fourth-order valence-electron chi connectivity index (χ4n) is 2.20. The van der Waals surface area contributed by atoms with E-state index < -0.39 is 0 Å². The molecule has 5 heteroatoms. The molecule has 1 saturated carbocycles. The molecule has 0 bridgehead atoms. The lowest BCUT2D eigenvalue weighted by molar-refractivity contribution is 0.319. The van der Waals surface area contributed by atoms with Crippen molar-refractivity contribution in [1.82, 2.24) is 10.2 Å². The average molecular weight is 257 g/mol. The van der Waals surface area contributed by atoms with E-state index in [0.29, 0.717) is 6.04 Å². The van der Waals surface area contributed by atoms with Gasteiger partial charge in [-0.15, -0.1) is 10.2 Å². The lowest BCUT2D eigenvalue weighted by Gasteiger charge is -2.26. The van der Waals surface area contributed by atoms with Crippen LogP contribution in [0.15, 0.2) is 4.34 Å². The SMILES string of the molecule is Cc1nnc(SCC(N)C2CCCCC2)s1. The third kappa shape index (κ3) is 3.43. The Balaban J connectivity index is 1.76. The highest BCUT2D eigenvalue weighted by molar-refractivity contribution is 8.01. The predicted octanol–water partition coefficient (Wildman–Crippen LogP) is 2.85. The molecule has 1 heterocycles. The lowest BCUT2D eigenvalue weighted by atomic mass is 9.85. The van der Waals surface area contributed by atoms with Crippen molar-refractivity contribution in [3.8, 4) is 0 Å². The summed E-state index contributed by atoms with van der Waals surface area (Å²) >= 11 is 3.42. The summed E-state index contributed by atoms with van der Waals surface area (Å²) in [5.74, 6) is 1.72. The topological polar surface area (TPSA) is 51.8 Å². The van der Waals surface area contributed by atoms with E-state index in [1.54, 1.807) is 23.1 Å². The van der Waals surface area contributed by atoms with Crippen molar-refractivity contribution in [1.29, 1.82) is 0 Å². The second-order valence-electron chi connectivity index (χ2n) is 4.46. The normalized spacial score (nSPS) is 19.9. The number of aryl methyl sites for hydroxylation is 1. The Morgan fingerprint density at radius 3 is 2.75 bits per heavy atom. The summed E-state index contributed by atoms with van der Waals surface area (Å²) in [7, 11) is 0. The van der Waals surface area contributed by atoms with Crippen molar-refractivity contribution in [3.63, 3.8) is 0 Å². The largest absolute Gasteiger partial charge is 0.327 e. The number of nitrogens with zero attached hydrogens (tertiary/aromatic N) is 2. The van der Waals surface area contributed by atoms with E-state index in [9.17, 15) is 0 Å². The van der Waals surface area contributed by atoms with Crippen LogP contribution < -0.4 is 5.73 Å². The van der Waals surface area contributed by atoms with Gasteiger partial charge >= 0.3 is 0 Å². The van der Waals surface area contributed by atoms with Gasteiger partial charge in [0, 0.05) is 11.8 Å². The molecular formula is C11H19N3S2. The molecule has 1 aromatic heterocycles. The third-order valence-electron chi connectivity index (χ3n) is 3.16. The van der Waals surface area contributed by atoms with Crippen LogP contribution in [-0.2, 0) is 0 Å². The van der Waals surface area contributed by atoms with E-state index in [0.717, 1.165) is 21.0 Å². The molecule has 1 unspecified atom stereocenters. The zero-order valence-corrected chi connectivity index (χ0v) is 11.3. The van der Waals surface area contributed by atoms with Crippen LogP contribution >= 0.6 is 23.1 Å². The first-order chi connectivity index (χ1) is 7.75. The minimum Gasteiger partial charge on any atom is -0.327 e. The quantitative estimate of drug-likeness (QED) is 0.843. The molecular weight excluding hydrogens is 238 g/mol. The van der Waals surface area contributed by atoms with Gasteiger partial charge in [-0.2, -0.15) is 0 Å². The Hall–Kier alpha value is -0.130. The van der Waals surface area contributed by atoms with Crippen molar-refractivity contribution in [2.24, 2.45) is 11.7 Å². The van der Waals surface area contributed by atoms with E-state index in [1.165, 1.54) is 32.1 Å². The van der Waals surface area contributed by atoms with Crippen LogP contribution in [0.3, 0.4) is 0 Å². The van der Waals surface area contributed by atoms with Crippen molar-refractivity contribution < 1.29 is 0 Å². The van der Waals surface area contributed by atoms with Crippen LogP contribution in [0.4, 0.5) is 0 Å². The molecule has 16 heavy (non-hydrogen) atoms. The summed E-state index contributed by atoms with van der Waals surface area (Å²) in [5.41, 5.74) is 6.24. The Bertz CT molecular complexity index is 321. The van der Waals surface area contributed by atoms with Crippen LogP contribution in [0.1, 0.15) is 37.1 Å². The van der Waals surface area contributed by atoms with Gasteiger partial charge in [-0.3, -0.25) is 0 Å². The maximum Gasteiger partial charge on any atom is 0.174 e. The molecule has 2 rings (SSSR count). The molecule has 0 saturated heterocycles. The van der Waals surface area contributed by atoms with Crippen molar-refractivity contribution in [3.05, 3.63) is 5.01 Å². The van der Waals surface area contributed by atoms with E-state index >= 15 is 0 Å². The van der Waals surface area contributed by atoms with E-state index in [1.807, 2.05) is 6.92 Å². The van der Waals surface area contributed by atoms with Crippen LogP contribution in [0.25, 0.3) is 0 Å². The summed E-state index contributed by atoms with van der Waals surface area (Å²) < 4.78 is 1.06. The number of thioether (sulfide) groups is 1. The second-order valence-corrected chi connectivity index (χ2v) is 6.91. The molecule has 2 N–H and O–H groups in total. The summed E-state index contributed by atoms with van der Waals surface area (Å²) in [6.07, 6.45) is 6.75. The molecule has 0 spiro atoms. The molecule has 0 amide bonds. The van der Waals surface area contributed by atoms with Crippen molar-refractivity contribution >= 4 is 23.1 Å². The number of hydrogen-bond donors (Lipinski definition) is 1. The summed E-state index contributed by atoms with van der Waals surface area (Å²) in [5, 5.41) is 9.16. The van der Waals surface area contributed by atoms with E-state index in [4.69, 9.17) is 5.73 Å². The van der Waals surface area contributed by atoms with Gasteiger partial charge < -0.3 is 5.73 Å². The highest BCUT2D eigenvalue weighted by Crippen LogP contribution is 2.29. The van der Waals surface area contributed by atoms with Gasteiger partial charge in [0.25, 0.3) is 0 Å². The Kier molecular flexibility index (Phi) is 4.61. The maximum absolute atomic E-state index is 6.24. The molecule has 90 valence electrons.